The van der Waals surface area contributed by atoms with Crippen LogP contribution in [-0.4, -0.2) is 27.0 Å². The minimum Gasteiger partial charge on any atom is -0.463 e. The molecule has 0 radical (unpaired) electrons. The number of aromatic nitrogens is 1. The second kappa shape index (κ2) is 12.3. The standard InChI is InChI=1S/C32H23ClN4O9S/c1-4-44-31(39)28-17(3)34-32-35(29(28)26-12-11-24(46-26)21-13-18(36(40)41)6-5-16(21)2)30(38)27(47-32)15-20-8-10-25(45-20)22-14-19(37(42)43)7-9-23(22)33/h5-15,29H,4H2,1-3H3/b27-15-/t29-/m0/s1. The van der Waals surface area contributed by atoms with Gasteiger partial charge in [0.2, 0.25) is 0 Å². The van der Waals surface area contributed by atoms with E-state index in [1.165, 1.54) is 41.0 Å². The largest absolute Gasteiger partial charge is 0.463 e. The predicted octanol–water partition coefficient (Wildman–Crippen LogP) is 6.10. The Kier molecular flexibility index (Phi) is 8.21. The van der Waals surface area contributed by atoms with Gasteiger partial charge in [0.15, 0.2) is 4.80 Å². The van der Waals surface area contributed by atoms with Crippen LogP contribution in [0.15, 0.2) is 90.6 Å². The van der Waals surface area contributed by atoms with E-state index in [1.54, 1.807) is 51.1 Å². The molecule has 6 rings (SSSR count). The van der Waals surface area contributed by atoms with Crippen LogP contribution in [0.3, 0.4) is 0 Å². The summed E-state index contributed by atoms with van der Waals surface area (Å²) in [5.41, 5.74) is 1.16. The smallest absolute Gasteiger partial charge is 0.338 e. The number of non-ortho nitro benzene ring substituents is 2. The number of nitro benzene ring substituents is 2. The van der Waals surface area contributed by atoms with Crippen LogP contribution in [0.5, 0.6) is 0 Å². The molecule has 4 heterocycles. The molecule has 3 aromatic heterocycles. The summed E-state index contributed by atoms with van der Waals surface area (Å²) < 4.78 is 19.0. The number of aryl methyl sites for hydroxylation is 1. The number of furan rings is 2. The molecule has 0 unspecified atom stereocenters. The molecular weight excluding hydrogens is 652 g/mol. The summed E-state index contributed by atoms with van der Waals surface area (Å²) >= 11 is 7.34. The number of hydrogen-bond acceptors (Lipinski definition) is 11. The summed E-state index contributed by atoms with van der Waals surface area (Å²) in [6, 6.07) is 13.7. The van der Waals surface area contributed by atoms with Gasteiger partial charge < -0.3 is 13.6 Å². The van der Waals surface area contributed by atoms with Gasteiger partial charge in [0.05, 0.1) is 37.3 Å². The number of ether oxygens (including phenoxy) is 1. The predicted molar refractivity (Wildman–Crippen MR) is 172 cm³/mol. The molecular formula is C32H23ClN4O9S. The number of fused-ring (bicyclic) bond motifs is 1. The molecule has 1 aliphatic heterocycles. The van der Waals surface area contributed by atoms with Gasteiger partial charge in [-0.1, -0.05) is 29.0 Å². The zero-order chi connectivity index (χ0) is 33.6. The highest BCUT2D eigenvalue weighted by Crippen LogP contribution is 2.36. The van der Waals surface area contributed by atoms with Gasteiger partial charge in [0.1, 0.15) is 29.1 Å². The Morgan fingerprint density at radius 3 is 2.36 bits per heavy atom. The fourth-order valence-corrected chi connectivity index (χ4v) is 6.45. The van der Waals surface area contributed by atoms with E-state index in [4.69, 9.17) is 25.2 Å². The van der Waals surface area contributed by atoms with Gasteiger partial charge >= 0.3 is 5.97 Å². The number of nitrogens with zero attached hydrogens (tertiary/aromatic N) is 4. The molecule has 47 heavy (non-hydrogen) atoms. The summed E-state index contributed by atoms with van der Waals surface area (Å²) in [5.74, 6) is 0.380. The minimum absolute atomic E-state index is 0.0818. The third kappa shape index (κ3) is 5.79. The molecule has 0 saturated carbocycles. The van der Waals surface area contributed by atoms with Gasteiger partial charge in [-0.3, -0.25) is 29.6 Å². The van der Waals surface area contributed by atoms with Crippen LogP contribution in [0, 0.1) is 27.2 Å². The van der Waals surface area contributed by atoms with Crippen molar-refractivity contribution in [2.24, 2.45) is 4.99 Å². The third-order valence-electron chi connectivity index (χ3n) is 7.44. The Hall–Kier alpha value is -5.60. The van der Waals surface area contributed by atoms with E-state index in [0.29, 0.717) is 22.6 Å². The van der Waals surface area contributed by atoms with Gasteiger partial charge in [-0.2, -0.15) is 0 Å². The maximum atomic E-state index is 14.0. The van der Waals surface area contributed by atoms with E-state index < -0.39 is 27.4 Å². The Morgan fingerprint density at radius 1 is 1.00 bits per heavy atom. The van der Waals surface area contributed by atoms with Crippen LogP contribution in [0.1, 0.15) is 37.0 Å². The first-order valence-corrected chi connectivity index (χ1v) is 15.2. The van der Waals surface area contributed by atoms with Crippen LogP contribution in [0.25, 0.3) is 28.7 Å². The number of nitro groups is 2. The topological polar surface area (TPSA) is 173 Å². The maximum Gasteiger partial charge on any atom is 0.338 e. The van der Waals surface area contributed by atoms with Crippen molar-refractivity contribution in [1.29, 1.82) is 0 Å². The highest BCUT2D eigenvalue weighted by molar-refractivity contribution is 7.07. The molecule has 0 fully saturated rings. The minimum atomic E-state index is -1.06. The number of thiazole rings is 1. The molecule has 0 aliphatic carbocycles. The average Bonchev–Trinajstić information content (AvgIpc) is 3.77. The fourth-order valence-electron chi connectivity index (χ4n) is 5.21. The van der Waals surface area contributed by atoms with Crippen molar-refractivity contribution in [3.63, 3.8) is 0 Å². The highest BCUT2D eigenvalue weighted by Gasteiger charge is 2.35. The van der Waals surface area contributed by atoms with E-state index in [-0.39, 0.29) is 55.2 Å². The molecule has 1 atom stereocenters. The monoisotopic (exact) mass is 674 g/mol. The third-order valence-corrected chi connectivity index (χ3v) is 8.75. The SMILES string of the molecule is CCOC(=O)C1=C(C)N=c2s/c(=C\c3ccc(-c4cc([N+](=O)[O-])ccc4Cl)o3)c(=O)n2[C@H]1c1ccc(-c2cc([N+](=O)[O-])ccc2C)o1. The molecule has 2 aromatic carbocycles. The molecule has 15 heteroatoms. The second-order valence-electron chi connectivity index (χ2n) is 10.4. The summed E-state index contributed by atoms with van der Waals surface area (Å²) in [6.45, 7) is 5.16. The Labute approximate surface area is 273 Å². The van der Waals surface area contributed by atoms with Crippen molar-refractivity contribution in [2.75, 3.05) is 6.61 Å². The van der Waals surface area contributed by atoms with Crippen LogP contribution >= 0.6 is 22.9 Å². The van der Waals surface area contributed by atoms with E-state index in [9.17, 15) is 29.8 Å². The number of esters is 1. The molecule has 13 nitrogen and oxygen atoms in total. The first-order chi connectivity index (χ1) is 22.5. The lowest BCUT2D eigenvalue weighted by Crippen LogP contribution is -2.39. The van der Waals surface area contributed by atoms with Crippen LogP contribution in [0.2, 0.25) is 5.02 Å². The lowest BCUT2D eigenvalue weighted by atomic mass is 10.0. The van der Waals surface area contributed by atoms with Crippen LogP contribution in [0.4, 0.5) is 11.4 Å². The van der Waals surface area contributed by atoms with Crippen LogP contribution < -0.4 is 14.9 Å². The first-order valence-electron chi connectivity index (χ1n) is 14.1. The van der Waals surface area contributed by atoms with Gasteiger partial charge in [0.25, 0.3) is 16.9 Å². The van der Waals surface area contributed by atoms with E-state index in [2.05, 4.69) is 4.99 Å². The number of carbonyl (C=O) groups is 1. The molecule has 0 amide bonds. The molecule has 238 valence electrons. The fraction of sp³-hybridized carbons (Fsp3) is 0.156. The van der Waals surface area contributed by atoms with Gasteiger partial charge in [0, 0.05) is 41.5 Å². The van der Waals surface area contributed by atoms with Crippen molar-refractivity contribution < 1.29 is 28.2 Å². The number of carbonyl (C=O) groups excluding carboxylic acids is 1. The summed E-state index contributed by atoms with van der Waals surface area (Å²) in [4.78, 5) is 53.7. The van der Waals surface area contributed by atoms with E-state index in [0.717, 1.165) is 16.9 Å². The average molecular weight is 675 g/mol. The highest BCUT2D eigenvalue weighted by atomic mass is 35.5. The van der Waals surface area contributed by atoms with Crippen molar-refractivity contribution in [3.8, 4) is 22.6 Å². The van der Waals surface area contributed by atoms with Gasteiger partial charge in [-0.15, -0.1) is 0 Å². The molecule has 5 aromatic rings. The number of benzene rings is 2. The normalized spacial score (nSPS) is 14.6. The lowest BCUT2D eigenvalue weighted by Gasteiger charge is -2.22. The first kappa shape index (κ1) is 31.4. The molecule has 0 spiro atoms. The second-order valence-corrected chi connectivity index (χ2v) is 11.8. The van der Waals surface area contributed by atoms with Crippen molar-refractivity contribution in [1.82, 2.24) is 4.57 Å². The Bertz CT molecular complexity index is 2330. The van der Waals surface area contributed by atoms with Crippen molar-refractivity contribution in [3.05, 3.63) is 134 Å². The van der Waals surface area contributed by atoms with Gasteiger partial charge in [-0.25, -0.2) is 9.79 Å². The zero-order valence-corrected chi connectivity index (χ0v) is 26.5. The summed E-state index contributed by atoms with van der Waals surface area (Å²) in [5, 5.41) is 22.9. The van der Waals surface area contributed by atoms with E-state index >= 15 is 0 Å². The van der Waals surface area contributed by atoms with Crippen molar-refractivity contribution in [2.45, 2.75) is 26.8 Å². The number of allylic oxidation sites excluding steroid dienone is 1. The molecule has 1 aliphatic rings. The quantitative estimate of drug-likeness (QED) is 0.107. The summed E-state index contributed by atoms with van der Waals surface area (Å²) in [6.07, 6.45) is 1.50. The Balaban J connectivity index is 1.46. The lowest BCUT2D eigenvalue weighted by molar-refractivity contribution is -0.385. The van der Waals surface area contributed by atoms with Crippen molar-refractivity contribution >= 4 is 46.4 Å². The maximum absolute atomic E-state index is 14.0. The number of halogens is 1. The zero-order valence-electron chi connectivity index (χ0n) is 24.9. The molecule has 0 saturated heterocycles. The summed E-state index contributed by atoms with van der Waals surface area (Å²) in [7, 11) is 0. The number of hydrogen-bond donors (Lipinski definition) is 0. The molecule has 0 bridgehead atoms. The van der Waals surface area contributed by atoms with Crippen LogP contribution in [-0.2, 0) is 9.53 Å². The van der Waals surface area contributed by atoms with Gasteiger partial charge in [-0.05, 0) is 56.7 Å². The Morgan fingerprint density at radius 2 is 1.66 bits per heavy atom. The van der Waals surface area contributed by atoms with E-state index in [1.807, 2.05) is 0 Å². The number of rotatable bonds is 8. The molecule has 0 N–H and O–H groups in total.